The summed E-state index contributed by atoms with van der Waals surface area (Å²) in [5.41, 5.74) is 4.61. The number of carboxylic acids is 1. The Balaban J connectivity index is 4.17. The van der Waals surface area contributed by atoms with Crippen molar-refractivity contribution in [2.45, 2.75) is 46.1 Å². The molecule has 0 fully saturated rings. The fourth-order valence-electron chi connectivity index (χ4n) is 1.42. The van der Waals surface area contributed by atoms with Gasteiger partial charge in [0.1, 0.15) is 0 Å². The van der Waals surface area contributed by atoms with Crippen LogP contribution in [0.15, 0.2) is 0 Å². The molecule has 7 nitrogen and oxygen atoms in total. The quantitative estimate of drug-likeness (QED) is 0.503. The molecule has 0 spiro atoms. The standard InChI is InChI=1S/C12H23N3O4/c1-12(2,3)8(7-10(17)18)15-11(19)14-6-4-5-9(13)16/h8H,4-7H2,1-3H3,(H2,13,16)(H,17,18)(H2,14,15,19). The van der Waals surface area contributed by atoms with Gasteiger partial charge in [-0.2, -0.15) is 0 Å². The zero-order valence-corrected chi connectivity index (χ0v) is 11.7. The minimum Gasteiger partial charge on any atom is -0.481 e. The zero-order chi connectivity index (χ0) is 15.1. The van der Waals surface area contributed by atoms with Crippen molar-refractivity contribution in [1.29, 1.82) is 0 Å². The molecule has 3 amide bonds. The molecule has 0 saturated carbocycles. The average Bonchev–Trinajstić information content (AvgIpc) is 2.21. The Morgan fingerprint density at radius 1 is 1.26 bits per heavy atom. The Kier molecular flexibility index (Phi) is 6.89. The maximum Gasteiger partial charge on any atom is 0.315 e. The second-order valence-corrected chi connectivity index (χ2v) is 5.49. The van der Waals surface area contributed by atoms with Crippen molar-refractivity contribution < 1.29 is 19.5 Å². The normalized spacial score (nSPS) is 12.6. The lowest BCUT2D eigenvalue weighted by Gasteiger charge is -2.30. The van der Waals surface area contributed by atoms with E-state index in [2.05, 4.69) is 10.6 Å². The van der Waals surface area contributed by atoms with Crippen LogP contribution in [0.1, 0.15) is 40.0 Å². The van der Waals surface area contributed by atoms with E-state index in [0.717, 1.165) is 0 Å². The van der Waals surface area contributed by atoms with Crippen molar-refractivity contribution in [3.8, 4) is 0 Å². The van der Waals surface area contributed by atoms with Crippen molar-refractivity contribution >= 4 is 17.9 Å². The van der Waals surface area contributed by atoms with Crippen LogP contribution >= 0.6 is 0 Å². The summed E-state index contributed by atoms with van der Waals surface area (Å²) in [5.74, 6) is -1.38. The first-order valence-electron chi connectivity index (χ1n) is 6.17. The lowest BCUT2D eigenvalue weighted by atomic mass is 9.85. The number of aliphatic carboxylic acids is 1. The maximum atomic E-state index is 11.6. The zero-order valence-electron chi connectivity index (χ0n) is 11.7. The molecule has 0 aromatic carbocycles. The van der Waals surface area contributed by atoms with Gasteiger partial charge in [0.15, 0.2) is 0 Å². The Hall–Kier alpha value is -1.79. The van der Waals surface area contributed by atoms with Gasteiger partial charge in [0.25, 0.3) is 0 Å². The molecule has 0 saturated heterocycles. The molecule has 0 aliphatic carbocycles. The van der Waals surface area contributed by atoms with E-state index in [1.165, 1.54) is 0 Å². The summed E-state index contributed by atoms with van der Waals surface area (Å²) in [6.07, 6.45) is 0.526. The maximum absolute atomic E-state index is 11.6. The minimum absolute atomic E-state index is 0.141. The number of primary amides is 1. The van der Waals surface area contributed by atoms with Gasteiger partial charge in [-0.05, 0) is 11.8 Å². The van der Waals surface area contributed by atoms with Crippen molar-refractivity contribution in [3.05, 3.63) is 0 Å². The molecule has 1 unspecified atom stereocenters. The molecule has 1 atom stereocenters. The molecule has 0 bridgehead atoms. The molecular formula is C12H23N3O4. The van der Waals surface area contributed by atoms with E-state index < -0.39 is 23.9 Å². The summed E-state index contributed by atoms with van der Waals surface area (Å²) in [7, 11) is 0. The molecule has 0 aliphatic heterocycles. The second-order valence-electron chi connectivity index (χ2n) is 5.49. The smallest absolute Gasteiger partial charge is 0.315 e. The van der Waals surface area contributed by atoms with Crippen LogP contribution in [0.2, 0.25) is 0 Å². The van der Waals surface area contributed by atoms with E-state index in [4.69, 9.17) is 10.8 Å². The molecule has 0 aromatic rings. The lowest BCUT2D eigenvalue weighted by Crippen LogP contribution is -2.49. The number of urea groups is 1. The van der Waals surface area contributed by atoms with Crippen molar-refractivity contribution in [2.24, 2.45) is 11.1 Å². The molecule has 19 heavy (non-hydrogen) atoms. The molecule has 110 valence electrons. The Morgan fingerprint density at radius 2 is 1.84 bits per heavy atom. The van der Waals surface area contributed by atoms with Crippen LogP contribution in [0.4, 0.5) is 4.79 Å². The van der Waals surface area contributed by atoms with Crippen LogP contribution in [-0.4, -0.2) is 35.6 Å². The number of amides is 3. The summed E-state index contributed by atoms with van der Waals surface area (Å²) in [5, 5.41) is 14.0. The van der Waals surface area contributed by atoms with Crippen LogP contribution in [-0.2, 0) is 9.59 Å². The van der Waals surface area contributed by atoms with Crippen molar-refractivity contribution in [1.82, 2.24) is 10.6 Å². The van der Waals surface area contributed by atoms with E-state index in [1.807, 2.05) is 20.8 Å². The SMILES string of the molecule is CC(C)(C)C(CC(=O)O)NC(=O)NCCCC(N)=O. The number of nitrogens with two attached hydrogens (primary N) is 1. The van der Waals surface area contributed by atoms with Gasteiger partial charge in [0.2, 0.25) is 5.91 Å². The molecule has 0 radical (unpaired) electrons. The number of carboxylic acid groups (broad SMARTS) is 1. The third-order valence-corrected chi connectivity index (χ3v) is 2.61. The first-order chi connectivity index (χ1) is 8.62. The highest BCUT2D eigenvalue weighted by atomic mass is 16.4. The van der Waals surface area contributed by atoms with E-state index in [-0.39, 0.29) is 18.3 Å². The lowest BCUT2D eigenvalue weighted by molar-refractivity contribution is -0.138. The molecule has 0 aliphatic rings. The molecule has 7 heteroatoms. The average molecular weight is 273 g/mol. The number of rotatable bonds is 7. The van der Waals surface area contributed by atoms with Crippen LogP contribution in [0.25, 0.3) is 0 Å². The summed E-state index contributed by atoms with van der Waals surface area (Å²) in [4.78, 5) is 32.8. The Morgan fingerprint density at radius 3 is 2.26 bits per heavy atom. The van der Waals surface area contributed by atoms with Gasteiger partial charge >= 0.3 is 12.0 Å². The highest BCUT2D eigenvalue weighted by Crippen LogP contribution is 2.21. The number of nitrogens with one attached hydrogen (secondary N) is 2. The molecule has 5 N–H and O–H groups in total. The van der Waals surface area contributed by atoms with Gasteiger partial charge in [0.05, 0.1) is 6.42 Å². The Bertz CT molecular complexity index is 336. The minimum atomic E-state index is -0.964. The van der Waals surface area contributed by atoms with Crippen molar-refractivity contribution in [3.63, 3.8) is 0 Å². The molecule has 0 rings (SSSR count). The summed E-state index contributed by atoms with van der Waals surface area (Å²) in [6.45, 7) is 5.88. The van der Waals surface area contributed by atoms with Crippen LogP contribution in [0, 0.1) is 5.41 Å². The number of hydrogen-bond donors (Lipinski definition) is 4. The van der Waals surface area contributed by atoms with E-state index in [1.54, 1.807) is 0 Å². The summed E-state index contributed by atoms with van der Waals surface area (Å²) < 4.78 is 0. The van der Waals surface area contributed by atoms with Gasteiger partial charge in [-0.3, -0.25) is 9.59 Å². The second kappa shape index (κ2) is 7.60. The predicted molar refractivity (Wildman–Crippen MR) is 70.5 cm³/mol. The summed E-state index contributed by atoms with van der Waals surface area (Å²) in [6, 6.07) is -0.910. The van der Waals surface area contributed by atoms with Crippen LogP contribution < -0.4 is 16.4 Å². The fourth-order valence-corrected chi connectivity index (χ4v) is 1.42. The highest BCUT2D eigenvalue weighted by Gasteiger charge is 2.28. The molecule has 0 heterocycles. The number of hydrogen-bond acceptors (Lipinski definition) is 3. The first kappa shape index (κ1) is 17.2. The molecular weight excluding hydrogens is 250 g/mol. The number of carbonyl (C=O) groups is 3. The topological polar surface area (TPSA) is 122 Å². The van der Waals surface area contributed by atoms with Gasteiger partial charge < -0.3 is 21.5 Å². The third kappa shape index (κ3) is 8.87. The fraction of sp³-hybridized carbons (Fsp3) is 0.750. The van der Waals surface area contributed by atoms with E-state index in [9.17, 15) is 14.4 Å². The van der Waals surface area contributed by atoms with Crippen molar-refractivity contribution in [2.75, 3.05) is 6.54 Å². The monoisotopic (exact) mass is 273 g/mol. The third-order valence-electron chi connectivity index (χ3n) is 2.61. The molecule has 0 aromatic heterocycles. The van der Waals surface area contributed by atoms with Gasteiger partial charge in [-0.1, -0.05) is 20.8 Å². The van der Waals surface area contributed by atoms with Gasteiger partial charge in [0, 0.05) is 19.0 Å². The largest absolute Gasteiger partial charge is 0.481 e. The first-order valence-corrected chi connectivity index (χ1v) is 6.17. The highest BCUT2D eigenvalue weighted by molar-refractivity contribution is 5.76. The van der Waals surface area contributed by atoms with Gasteiger partial charge in [-0.25, -0.2) is 4.79 Å². The van der Waals surface area contributed by atoms with Crippen LogP contribution in [0.3, 0.4) is 0 Å². The predicted octanol–water partition coefficient (Wildman–Crippen LogP) is 0.441. The van der Waals surface area contributed by atoms with E-state index >= 15 is 0 Å². The number of carbonyl (C=O) groups excluding carboxylic acids is 2. The van der Waals surface area contributed by atoms with E-state index in [0.29, 0.717) is 13.0 Å². The van der Waals surface area contributed by atoms with Gasteiger partial charge in [-0.15, -0.1) is 0 Å². The Labute approximate surface area is 112 Å². The summed E-state index contributed by atoms with van der Waals surface area (Å²) >= 11 is 0. The van der Waals surface area contributed by atoms with Crippen LogP contribution in [0.5, 0.6) is 0 Å².